The summed E-state index contributed by atoms with van der Waals surface area (Å²) in [5.41, 5.74) is 2.61. The Bertz CT molecular complexity index is 1140. The fourth-order valence-corrected chi connectivity index (χ4v) is 4.05. The molecule has 0 spiro atoms. The van der Waals surface area contributed by atoms with Crippen LogP contribution in [0.15, 0.2) is 60.9 Å². The summed E-state index contributed by atoms with van der Waals surface area (Å²) < 4.78 is 7.31. The van der Waals surface area contributed by atoms with Gasteiger partial charge in [-0.3, -0.25) is 4.79 Å². The van der Waals surface area contributed by atoms with Gasteiger partial charge in [-0.25, -0.2) is 14.5 Å². The van der Waals surface area contributed by atoms with Crippen molar-refractivity contribution in [2.75, 3.05) is 6.61 Å². The quantitative estimate of drug-likeness (QED) is 0.494. The van der Waals surface area contributed by atoms with Gasteiger partial charge in [-0.2, -0.15) is 5.10 Å². The first-order chi connectivity index (χ1) is 16.0. The normalized spacial score (nSPS) is 15.2. The zero-order chi connectivity index (χ0) is 23.3. The maximum absolute atomic E-state index is 12.8. The minimum atomic E-state index is -1.03. The highest BCUT2D eigenvalue weighted by Crippen LogP contribution is 2.33. The van der Waals surface area contributed by atoms with Crippen molar-refractivity contribution in [3.63, 3.8) is 0 Å². The number of aromatic nitrogens is 3. The van der Waals surface area contributed by atoms with Crippen molar-refractivity contribution in [3.8, 4) is 0 Å². The second-order valence-corrected chi connectivity index (χ2v) is 8.40. The highest BCUT2D eigenvalue weighted by molar-refractivity contribution is 6.06. The number of benzene rings is 2. The molecule has 0 amide bonds. The Kier molecular flexibility index (Phi) is 6.79. The molecule has 1 fully saturated rings. The van der Waals surface area contributed by atoms with Crippen LogP contribution in [0.5, 0.6) is 0 Å². The molecule has 0 radical (unpaired) electrons. The van der Waals surface area contributed by atoms with E-state index in [0.29, 0.717) is 30.8 Å². The van der Waals surface area contributed by atoms with Crippen LogP contribution in [-0.2, 0) is 16.1 Å². The maximum Gasteiger partial charge on any atom is 0.335 e. The van der Waals surface area contributed by atoms with E-state index in [-0.39, 0.29) is 12.4 Å². The molecule has 170 valence electrons. The highest BCUT2D eigenvalue weighted by Gasteiger charge is 2.42. The number of hydrogen-bond donors (Lipinski definition) is 1. The molecule has 2 aromatic carbocycles. The zero-order valence-corrected chi connectivity index (χ0v) is 18.6. The summed E-state index contributed by atoms with van der Waals surface area (Å²) in [6.07, 6.45) is 8.07. The lowest BCUT2D eigenvalue weighted by Gasteiger charge is -2.23. The standard InChI is InChI=1S/C26H27N3O4/c1-19-6-12-22(13-7-19)23(30)24-27-18-28-29(24)17-21-10-8-20(9-11-21)5-4-16-33-26(25(31)32)14-2-3-15-26/h4-13,18H,2-3,14-17H2,1H3,(H,31,32)/b5-4+. The summed E-state index contributed by atoms with van der Waals surface area (Å²) in [6.45, 7) is 2.67. The van der Waals surface area contributed by atoms with Crippen molar-refractivity contribution in [2.45, 2.75) is 44.8 Å². The van der Waals surface area contributed by atoms with Crippen molar-refractivity contribution in [3.05, 3.63) is 89.0 Å². The predicted molar refractivity (Wildman–Crippen MR) is 124 cm³/mol. The third-order valence-electron chi connectivity index (χ3n) is 6.01. The monoisotopic (exact) mass is 445 g/mol. The molecule has 0 aliphatic heterocycles. The summed E-state index contributed by atoms with van der Waals surface area (Å²) in [4.78, 5) is 28.5. The molecule has 3 aromatic rings. The molecule has 7 nitrogen and oxygen atoms in total. The van der Waals surface area contributed by atoms with Crippen molar-refractivity contribution < 1.29 is 19.4 Å². The van der Waals surface area contributed by atoms with Crippen LogP contribution >= 0.6 is 0 Å². The molecule has 33 heavy (non-hydrogen) atoms. The topological polar surface area (TPSA) is 94.3 Å². The molecular weight excluding hydrogens is 418 g/mol. The molecule has 4 rings (SSSR count). The number of carbonyl (C=O) groups is 2. The van der Waals surface area contributed by atoms with Gasteiger partial charge in [-0.05, 0) is 43.7 Å². The lowest BCUT2D eigenvalue weighted by molar-refractivity contribution is -0.163. The number of aliphatic carboxylic acids is 1. The Balaban J connectivity index is 1.36. The van der Waals surface area contributed by atoms with Crippen LogP contribution in [0.2, 0.25) is 0 Å². The predicted octanol–water partition coefficient (Wildman–Crippen LogP) is 4.29. The Morgan fingerprint density at radius 2 is 1.79 bits per heavy atom. The highest BCUT2D eigenvalue weighted by atomic mass is 16.5. The molecule has 7 heteroatoms. The Morgan fingerprint density at radius 1 is 1.09 bits per heavy atom. The lowest BCUT2D eigenvalue weighted by atomic mass is 10.0. The lowest BCUT2D eigenvalue weighted by Crippen LogP contribution is -2.38. The van der Waals surface area contributed by atoms with E-state index >= 15 is 0 Å². The SMILES string of the molecule is Cc1ccc(C(=O)c2ncnn2Cc2ccc(/C=C/COC3(C(=O)O)CCCC3)cc2)cc1. The first-order valence-electron chi connectivity index (χ1n) is 11.1. The van der Waals surface area contributed by atoms with Gasteiger partial charge in [0.25, 0.3) is 0 Å². The van der Waals surface area contributed by atoms with Gasteiger partial charge in [-0.1, -0.05) is 66.2 Å². The van der Waals surface area contributed by atoms with E-state index in [1.807, 2.05) is 55.5 Å². The first kappa shape index (κ1) is 22.6. The van der Waals surface area contributed by atoms with Crippen LogP contribution in [0.1, 0.15) is 58.6 Å². The summed E-state index contributed by atoms with van der Waals surface area (Å²) in [7, 11) is 0. The maximum atomic E-state index is 12.8. The fourth-order valence-electron chi connectivity index (χ4n) is 4.05. The van der Waals surface area contributed by atoms with E-state index < -0.39 is 11.6 Å². The molecule has 0 unspecified atom stereocenters. The summed E-state index contributed by atoms with van der Waals surface area (Å²) in [5, 5.41) is 13.7. The fraction of sp³-hybridized carbons (Fsp3) is 0.308. The van der Waals surface area contributed by atoms with Gasteiger partial charge >= 0.3 is 5.97 Å². The molecular formula is C26H27N3O4. The van der Waals surface area contributed by atoms with Crippen LogP contribution in [0, 0.1) is 6.92 Å². The summed E-state index contributed by atoms with van der Waals surface area (Å²) >= 11 is 0. The third-order valence-corrected chi connectivity index (χ3v) is 6.01. The second kappa shape index (κ2) is 9.92. The molecule has 1 N–H and O–H groups in total. The summed E-state index contributed by atoms with van der Waals surface area (Å²) in [6, 6.07) is 15.3. The zero-order valence-electron chi connectivity index (χ0n) is 18.6. The average Bonchev–Trinajstić information content (AvgIpc) is 3.48. The van der Waals surface area contributed by atoms with Crippen LogP contribution in [0.4, 0.5) is 0 Å². The first-order valence-corrected chi connectivity index (χ1v) is 11.1. The van der Waals surface area contributed by atoms with Gasteiger partial charge in [0, 0.05) is 5.56 Å². The average molecular weight is 446 g/mol. The minimum absolute atomic E-state index is 0.159. The Morgan fingerprint density at radius 3 is 2.45 bits per heavy atom. The third kappa shape index (κ3) is 5.26. The van der Waals surface area contributed by atoms with E-state index in [4.69, 9.17) is 4.74 Å². The minimum Gasteiger partial charge on any atom is -0.479 e. The number of carboxylic acid groups (broad SMARTS) is 1. The number of nitrogens with zero attached hydrogens (tertiary/aromatic N) is 3. The Hall–Kier alpha value is -3.58. The van der Waals surface area contributed by atoms with E-state index in [1.165, 1.54) is 6.33 Å². The van der Waals surface area contributed by atoms with Crippen LogP contribution in [0.3, 0.4) is 0 Å². The van der Waals surface area contributed by atoms with Crippen molar-refractivity contribution in [1.82, 2.24) is 14.8 Å². The van der Waals surface area contributed by atoms with Crippen LogP contribution in [0.25, 0.3) is 6.08 Å². The van der Waals surface area contributed by atoms with E-state index in [0.717, 1.165) is 29.5 Å². The number of aryl methyl sites for hydroxylation is 1. The molecule has 0 atom stereocenters. The van der Waals surface area contributed by atoms with Gasteiger partial charge in [-0.15, -0.1) is 0 Å². The van der Waals surface area contributed by atoms with Crippen LogP contribution < -0.4 is 0 Å². The van der Waals surface area contributed by atoms with E-state index in [2.05, 4.69) is 10.1 Å². The summed E-state index contributed by atoms with van der Waals surface area (Å²) in [5.74, 6) is -0.723. The van der Waals surface area contributed by atoms with Gasteiger partial charge in [0.1, 0.15) is 6.33 Å². The molecule has 1 heterocycles. The van der Waals surface area contributed by atoms with Crippen LogP contribution in [-0.4, -0.2) is 43.8 Å². The molecule has 1 saturated carbocycles. The van der Waals surface area contributed by atoms with E-state index in [1.54, 1.807) is 16.8 Å². The number of hydrogen-bond acceptors (Lipinski definition) is 5. The van der Waals surface area contributed by atoms with Gasteiger partial charge in [0.05, 0.1) is 13.2 Å². The number of ketones is 1. The smallest absolute Gasteiger partial charge is 0.335 e. The molecule has 0 saturated heterocycles. The van der Waals surface area contributed by atoms with Gasteiger partial charge < -0.3 is 9.84 Å². The second-order valence-electron chi connectivity index (χ2n) is 8.40. The van der Waals surface area contributed by atoms with Gasteiger partial charge in [0.15, 0.2) is 11.4 Å². The number of ether oxygens (including phenoxy) is 1. The molecule has 1 aliphatic carbocycles. The molecule has 1 aliphatic rings. The number of carbonyl (C=O) groups excluding carboxylic acids is 1. The molecule has 0 bridgehead atoms. The van der Waals surface area contributed by atoms with Crippen molar-refractivity contribution in [1.29, 1.82) is 0 Å². The largest absolute Gasteiger partial charge is 0.479 e. The van der Waals surface area contributed by atoms with Crippen molar-refractivity contribution in [2.24, 2.45) is 0 Å². The van der Waals surface area contributed by atoms with Crippen molar-refractivity contribution >= 4 is 17.8 Å². The Labute approximate surface area is 192 Å². The van der Waals surface area contributed by atoms with Gasteiger partial charge in [0.2, 0.25) is 5.78 Å². The number of carboxylic acids is 1. The molecule has 1 aromatic heterocycles. The van der Waals surface area contributed by atoms with E-state index in [9.17, 15) is 14.7 Å². The number of rotatable bonds is 9.